The minimum atomic E-state index is 0.585. The second kappa shape index (κ2) is 10.6. The average molecular weight is 487 g/mol. The second-order valence-electron chi connectivity index (χ2n) is 8.29. The van der Waals surface area contributed by atoms with E-state index in [0.29, 0.717) is 16.3 Å². The fraction of sp³-hybridized carbons (Fsp3) is 0.435. The van der Waals surface area contributed by atoms with Gasteiger partial charge in [0.05, 0.1) is 18.2 Å². The first-order valence-corrected chi connectivity index (χ1v) is 12.3. The van der Waals surface area contributed by atoms with Crippen molar-refractivity contribution in [2.45, 2.75) is 30.6 Å². The Morgan fingerprint density at radius 3 is 2.67 bits per heavy atom. The monoisotopic (exact) mass is 486 g/mol. The number of anilines is 3. The number of benzene rings is 1. The molecule has 0 unspecified atom stereocenters. The van der Waals surface area contributed by atoms with E-state index in [4.69, 9.17) is 10.5 Å². The van der Waals surface area contributed by atoms with Crippen LogP contribution in [0.4, 0.5) is 17.2 Å². The molecule has 33 heavy (non-hydrogen) atoms. The van der Waals surface area contributed by atoms with Gasteiger partial charge in [0.15, 0.2) is 0 Å². The molecular formula is C23H30N6O2S2. The third-order valence-electron chi connectivity index (χ3n) is 6.04. The van der Waals surface area contributed by atoms with E-state index in [1.807, 2.05) is 6.07 Å². The number of nitrogens with two attached hydrogens (primary N) is 1. The highest BCUT2D eigenvalue weighted by atomic mass is 32.1. The minimum absolute atomic E-state index is 0.585. The Bertz CT molecular complexity index is 1130. The molecule has 1 amide bonds. The number of thiophene rings is 1. The molecule has 3 heterocycles. The molecule has 1 aliphatic carbocycles. The number of thiol groups is 1. The number of piperazine rings is 1. The van der Waals surface area contributed by atoms with E-state index in [-0.39, 0.29) is 0 Å². The van der Waals surface area contributed by atoms with Crippen LogP contribution < -0.4 is 15.8 Å². The molecule has 1 fully saturated rings. The predicted molar refractivity (Wildman–Crippen MR) is 137 cm³/mol. The van der Waals surface area contributed by atoms with Crippen molar-refractivity contribution < 1.29 is 9.53 Å². The summed E-state index contributed by atoms with van der Waals surface area (Å²) in [5.41, 5.74) is 8.69. The molecule has 0 saturated carbocycles. The normalized spacial score (nSPS) is 16.0. The van der Waals surface area contributed by atoms with Gasteiger partial charge in [-0.2, -0.15) is 0 Å². The van der Waals surface area contributed by atoms with Crippen molar-refractivity contribution in [1.82, 2.24) is 19.8 Å². The highest BCUT2D eigenvalue weighted by Crippen LogP contribution is 2.40. The lowest BCUT2D eigenvalue weighted by Crippen LogP contribution is -2.43. The smallest absolute Gasteiger partial charge is 0.209 e. The van der Waals surface area contributed by atoms with Gasteiger partial charge in [-0.25, -0.2) is 9.97 Å². The third kappa shape index (κ3) is 5.34. The van der Waals surface area contributed by atoms with Crippen molar-refractivity contribution >= 4 is 57.8 Å². The number of fused-ring (bicyclic) bond motifs is 3. The zero-order valence-corrected chi connectivity index (χ0v) is 20.7. The Labute approximate surface area is 203 Å². The van der Waals surface area contributed by atoms with Crippen LogP contribution in [0.15, 0.2) is 23.4 Å². The van der Waals surface area contributed by atoms with Gasteiger partial charge < -0.3 is 25.6 Å². The van der Waals surface area contributed by atoms with Gasteiger partial charge in [0.1, 0.15) is 22.7 Å². The minimum Gasteiger partial charge on any atom is -0.494 e. The first-order valence-electron chi connectivity index (χ1n) is 11.1. The lowest BCUT2D eigenvalue weighted by atomic mass is 9.97. The molecule has 2 aromatic heterocycles. The summed E-state index contributed by atoms with van der Waals surface area (Å²) < 4.78 is 5.44. The van der Waals surface area contributed by atoms with Crippen LogP contribution in [0.1, 0.15) is 23.3 Å². The number of nitrogens with one attached hydrogen (secondary N) is 1. The molecule has 5 rings (SSSR count). The largest absolute Gasteiger partial charge is 0.494 e. The van der Waals surface area contributed by atoms with Gasteiger partial charge in [-0.05, 0) is 44.4 Å². The van der Waals surface area contributed by atoms with Gasteiger partial charge in [-0.1, -0.05) is 0 Å². The third-order valence-corrected chi connectivity index (χ3v) is 7.63. The SMILES string of the molecule is CN1CCN(C=O)CC1.COc1cc(N)c(S)cc1Nc1ncnc2sc3c(c12)CCCC3. The standard InChI is InChI=1S/C17H18N4OS2.C6H12N2O/c1-22-12-6-10(18)13(23)7-11(12)21-16-15-9-4-2-3-5-14(9)24-17(15)20-8-19-16;1-7-2-4-8(6-9)5-3-7/h6-8,23H,2-5,18H2,1H3,(H,19,20,21);6H,2-5H2,1H3. The van der Waals surface area contributed by atoms with E-state index in [0.717, 1.165) is 67.2 Å². The van der Waals surface area contributed by atoms with Crippen molar-refractivity contribution in [1.29, 1.82) is 0 Å². The van der Waals surface area contributed by atoms with E-state index in [2.05, 4.69) is 39.9 Å². The summed E-state index contributed by atoms with van der Waals surface area (Å²) in [6.07, 6.45) is 7.24. The number of likely N-dealkylation sites (N-methyl/N-ethyl adjacent to an activating group) is 1. The van der Waals surface area contributed by atoms with Crippen LogP contribution in [0.3, 0.4) is 0 Å². The Morgan fingerprint density at radius 2 is 1.94 bits per heavy atom. The molecule has 2 aliphatic rings. The number of hydrogen-bond donors (Lipinski definition) is 3. The Hall–Kier alpha value is -2.56. The summed E-state index contributed by atoms with van der Waals surface area (Å²) in [5.74, 6) is 1.48. The lowest BCUT2D eigenvalue weighted by molar-refractivity contribution is -0.119. The first kappa shape index (κ1) is 23.6. The lowest BCUT2D eigenvalue weighted by Gasteiger charge is -2.29. The molecule has 0 bridgehead atoms. The van der Waals surface area contributed by atoms with Crippen LogP contribution in [-0.4, -0.2) is 66.5 Å². The first-order chi connectivity index (χ1) is 16.0. The number of methoxy groups -OCH3 is 1. The van der Waals surface area contributed by atoms with Crippen molar-refractivity contribution in [3.8, 4) is 5.75 Å². The second-order valence-corrected chi connectivity index (χ2v) is 9.86. The molecule has 3 N–H and O–H groups in total. The maximum Gasteiger partial charge on any atom is 0.209 e. The molecule has 10 heteroatoms. The average Bonchev–Trinajstić information content (AvgIpc) is 3.22. The maximum absolute atomic E-state index is 10.2. The van der Waals surface area contributed by atoms with Gasteiger partial charge in [-0.15, -0.1) is 24.0 Å². The van der Waals surface area contributed by atoms with Gasteiger partial charge in [0.25, 0.3) is 0 Å². The van der Waals surface area contributed by atoms with Crippen LogP contribution in [0.2, 0.25) is 0 Å². The molecule has 176 valence electrons. The van der Waals surface area contributed by atoms with Crippen molar-refractivity contribution in [2.24, 2.45) is 0 Å². The summed E-state index contributed by atoms with van der Waals surface area (Å²) in [5, 5.41) is 4.53. The van der Waals surface area contributed by atoms with Crippen LogP contribution in [0.25, 0.3) is 10.2 Å². The van der Waals surface area contributed by atoms with Gasteiger partial charge in [0.2, 0.25) is 6.41 Å². The van der Waals surface area contributed by atoms with E-state index in [9.17, 15) is 4.79 Å². The maximum atomic E-state index is 10.2. The molecule has 8 nitrogen and oxygen atoms in total. The number of carbonyl (C=O) groups is 1. The number of aryl methyl sites for hydroxylation is 2. The summed E-state index contributed by atoms with van der Waals surface area (Å²) in [4.78, 5) is 26.3. The van der Waals surface area contributed by atoms with Gasteiger partial charge >= 0.3 is 0 Å². The number of amides is 1. The number of nitrogen functional groups attached to an aromatic ring is 1. The molecule has 1 aliphatic heterocycles. The van der Waals surface area contributed by atoms with E-state index in [1.165, 1.54) is 23.3 Å². The zero-order chi connectivity index (χ0) is 23.4. The van der Waals surface area contributed by atoms with Crippen LogP contribution in [-0.2, 0) is 17.6 Å². The number of nitrogens with zero attached hydrogens (tertiary/aromatic N) is 4. The van der Waals surface area contributed by atoms with E-state index >= 15 is 0 Å². The molecule has 3 aromatic rings. The number of carbonyl (C=O) groups excluding carboxylic acids is 1. The quantitative estimate of drug-likeness (QED) is 0.295. The fourth-order valence-corrected chi connectivity index (χ4v) is 5.51. The topological polar surface area (TPSA) is 96.6 Å². The molecular weight excluding hydrogens is 456 g/mol. The Balaban J connectivity index is 0.000000243. The zero-order valence-electron chi connectivity index (χ0n) is 19.0. The van der Waals surface area contributed by atoms with Crippen LogP contribution in [0, 0.1) is 0 Å². The Morgan fingerprint density at radius 1 is 1.18 bits per heavy atom. The molecule has 1 aromatic carbocycles. The van der Waals surface area contributed by atoms with Gasteiger partial charge in [0, 0.05) is 47.7 Å². The van der Waals surface area contributed by atoms with Crippen LogP contribution >= 0.6 is 24.0 Å². The highest BCUT2D eigenvalue weighted by molar-refractivity contribution is 7.80. The van der Waals surface area contributed by atoms with Crippen molar-refractivity contribution in [2.75, 3.05) is 51.4 Å². The number of aromatic nitrogens is 2. The van der Waals surface area contributed by atoms with Gasteiger partial charge in [-0.3, -0.25) is 4.79 Å². The fourth-order valence-electron chi connectivity index (χ4n) is 4.09. The predicted octanol–water partition coefficient (Wildman–Crippen LogP) is 3.58. The van der Waals surface area contributed by atoms with Crippen molar-refractivity contribution in [3.05, 3.63) is 28.9 Å². The van der Waals surface area contributed by atoms with Crippen molar-refractivity contribution in [3.63, 3.8) is 0 Å². The van der Waals surface area contributed by atoms with Crippen LogP contribution in [0.5, 0.6) is 5.75 Å². The highest BCUT2D eigenvalue weighted by Gasteiger charge is 2.20. The molecule has 1 saturated heterocycles. The summed E-state index contributed by atoms with van der Waals surface area (Å²) in [6, 6.07) is 3.64. The Kier molecular flexibility index (Phi) is 7.56. The summed E-state index contributed by atoms with van der Waals surface area (Å²) >= 11 is 6.19. The molecule has 0 spiro atoms. The summed E-state index contributed by atoms with van der Waals surface area (Å²) in [7, 11) is 3.70. The number of hydrogen-bond acceptors (Lipinski definition) is 9. The van der Waals surface area contributed by atoms with E-state index in [1.54, 1.807) is 35.7 Å². The molecule has 0 atom stereocenters. The number of rotatable bonds is 4. The summed E-state index contributed by atoms with van der Waals surface area (Å²) in [6.45, 7) is 3.80. The molecule has 0 radical (unpaired) electrons. The number of ether oxygens (including phenoxy) is 1. The van der Waals surface area contributed by atoms with E-state index < -0.39 is 0 Å².